The van der Waals surface area contributed by atoms with Crippen molar-refractivity contribution in [3.05, 3.63) is 74.6 Å². The lowest BCUT2D eigenvalue weighted by Crippen LogP contribution is -2.47. The molecule has 2 heterocycles. The van der Waals surface area contributed by atoms with Crippen LogP contribution in [0.5, 0.6) is 0 Å². The van der Waals surface area contributed by atoms with Crippen LogP contribution in [0.1, 0.15) is 17.8 Å². The number of alkyl halides is 1. The molecule has 3 aliphatic rings. The molecule has 0 amide bonds. The van der Waals surface area contributed by atoms with Crippen molar-refractivity contribution < 1.29 is 9.53 Å². The first-order valence-electron chi connectivity index (χ1n) is 9.02. The summed E-state index contributed by atoms with van der Waals surface area (Å²) in [4.78, 5) is 4.24. The van der Waals surface area contributed by atoms with E-state index < -0.39 is 0 Å². The molecule has 0 N–H and O–H groups in total. The summed E-state index contributed by atoms with van der Waals surface area (Å²) in [6, 6.07) is 0. The topological polar surface area (TPSA) is 42.1 Å². The molecule has 1 saturated heterocycles. The first kappa shape index (κ1) is 18.8. The summed E-state index contributed by atoms with van der Waals surface area (Å²) in [6.07, 6.45) is 17.8. The Balaban J connectivity index is 1.77. The summed E-state index contributed by atoms with van der Waals surface area (Å²) in [5.74, 6) is 2.29. The Kier molecular flexibility index (Phi) is 6.62. The molecule has 0 bridgehead atoms. The van der Waals surface area contributed by atoms with Gasteiger partial charge in [-0.05, 0) is 51.4 Å². The molecule has 4 rings (SSSR count). The Morgan fingerprint density at radius 1 is 0.923 bits per heavy atom. The Hall–Kier alpha value is -0.500. The van der Waals surface area contributed by atoms with Crippen LogP contribution in [0.15, 0.2) is 0 Å². The van der Waals surface area contributed by atoms with E-state index in [2.05, 4.69) is 78.9 Å². The molecule has 0 aromatic carbocycles. The molecule has 2 aliphatic carbocycles. The van der Waals surface area contributed by atoms with Crippen LogP contribution >= 0.6 is 22.6 Å². The van der Waals surface area contributed by atoms with Gasteiger partial charge in [0.05, 0.1) is 18.9 Å². The van der Waals surface area contributed by atoms with Gasteiger partial charge in [-0.1, -0.05) is 22.6 Å². The number of aryl methyl sites for hydroxylation is 1. The molecule has 3 fully saturated rings. The number of hydrogen-bond donors (Lipinski definition) is 0. The number of aromatic nitrogens is 3. The number of anilines is 1. The molecule has 1 aromatic heterocycles. The quantitative estimate of drug-likeness (QED) is 0.369. The lowest BCUT2D eigenvalue weighted by Gasteiger charge is -2.32. The van der Waals surface area contributed by atoms with Crippen molar-refractivity contribution in [3.63, 3.8) is 0 Å². The molecule has 0 unspecified atom stereocenters. The summed E-state index contributed by atoms with van der Waals surface area (Å²) < 4.78 is 6.66. The first-order chi connectivity index (χ1) is 12.9. The summed E-state index contributed by atoms with van der Waals surface area (Å²) >= 11 is 2.40. The highest BCUT2D eigenvalue weighted by atomic mass is 127. The Morgan fingerprint density at radius 2 is 1.46 bits per heavy atom. The minimum Gasteiger partial charge on any atom is -0.378 e. The second kappa shape index (κ2) is 9.13. The number of halogens is 1. The number of rotatable bonds is 6. The van der Waals surface area contributed by atoms with Gasteiger partial charge in [-0.3, -0.25) is 0 Å². The fourth-order valence-corrected chi connectivity index (χ4v) is 3.64. The molecular weight excluding hydrogens is 439 g/mol. The van der Waals surface area contributed by atoms with Crippen LogP contribution in [0.25, 0.3) is 0 Å². The highest BCUT2D eigenvalue weighted by molar-refractivity contribution is 14.1. The monoisotopic (exact) mass is 461 g/mol. The number of ether oxygens (including phenoxy) is 1. The number of morpholine rings is 1. The van der Waals surface area contributed by atoms with Gasteiger partial charge in [0.25, 0.3) is 0 Å². The standard InChI is InChI=1S/C20H22IN4O/c21-10-5-11-25-22-18(16-6-1-2-7-16)20(24-12-14-26-15-13-24)19(23-25)17-8-3-4-9-17/h1-4,6-9H,5,10-15H2/q+1. The molecule has 10 radical (unpaired) electrons. The third-order valence-electron chi connectivity index (χ3n) is 4.57. The van der Waals surface area contributed by atoms with Gasteiger partial charge in [0.1, 0.15) is 11.4 Å². The largest absolute Gasteiger partial charge is 0.378 e. The molecule has 5 nitrogen and oxygen atoms in total. The average Bonchev–Trinajstić information content (AvgIpc) is 3.40. The molecule has 1 aromatic rings. The SMILES string of the molecule is ICCC[n+]1nc([C]2[CH][CH][CH][CH]2)c(N2CCOCC2)c([C]2[CH][CH][CH][CH]2)n1. The molecule has 2 saturated carbocycles. The molecule has 1 aliphatic heterocycles. The van der Waals surface area contributed by atoms with Crippen molar-refractivity contribution in [3.8, 4) is 0 Å². The fourth-order valence-electron chi connectivity index (χ4n) is 3.30. The van der Waals surface area contributed by atoms with Crippen molar-refractivity contribution in [2.45, 2.75) is 13.0 Å². The summed E-state index contributed by atoms with van der Waals surface area (Å²) in [6.45, 7) is 4.04. The average molecular weight is 461 g/mol. The van der Waals surface area contributed by atoms with Crippen molar-refractivity contribution >= 4 is 28.3 Å². The lowest BCUT2D eigenvalue weighted by molar-refractivity contribution is -0.807. The maximum atomic E-state index is 5.57. The van der Waals surface area contributed by atoms with E-state index in [-0.39, 0.29) is 0 Å². The van der Waals surface area contributed by atoms with Crippen LogP contribution in [0.3, 0.4) is 0 Å². The lowest BCUT2D eigenvalue weighted by atomic mass is 9.95. The second-order valence-electron chi connectivity index (χ2n) is 6.33. The maximum absolute atomic E-state index is 5.57. The zero-order chi connectivity index (χ0) is 17.8. The Morgan fingerprint density at radius 3 is 1.96 bits per heavy atom. The van der Waals surface area contributed by atoms with E-state index in [1.54, 1.807) is 0 Å². The summed E-state index contributed by atoms with van der Waals surface area (Å²) in [5.41, 5.74) is 3.14. The van der Waals surface area contributed by atoms with E-state index in [1.165, 1.54) is 0 Å². The van der Waals surface area contributed by atoms with E-state index in [4.69, 9.17) is 14.9 Å². The van der Waals surface area contributed by atoms with Gasteiger partial charge in [-0.25, -0.2) is 0 Å². The molecular formula is C20H22IN4O+. The number of nitrogens with zero attached hydrogens (tertiary/aromatic N) is 4. The van der Waals surface area contributed by atoms with Crippen LogP contribution in [-0.2, 0) is 11.3 Å². The first-order valence-corrected chi connectivity index (χ1v) is 10.5. The van der Waals surface area contributed by atoms with E-state index in [0.29, 0.717) is 0 Å². The van der Waals surface area contributed by atoms with Gasteiger partial charge in [0.15, 0.2) is 0 Å². The zero-order valence-corrected chi connectivity index (χ0v) is 16.8. The van der Waals surface area contributed by atoms with Gasteiger partial charge in [0.2, 0.25) is 6.54 Å². The van der Waals surface area contributed by atoms with Crippen molar-refractivity contribution in [2.75, 3.05) is 35.6 Å². The summed E-state index contributed by atoms with van der Waals surface area (Å²) in [5, 5.41) is 9.84. The molecule has 0 atom stereocenters. The molecule has 134 valence electrons. The maximum Gasteiger partial charge on any atom is 0.204 e. The Bertz CT molecular complexity index is 556. The third-order valence-corrected chi connectivity index (χ3v) is 5.33. The van der Waals surface area contributed by atoms with Gasteiger partial charge in [0, 0.05) is 50.8 Å². The predicted molar refractivity (Wildman–Crippen MR) is 108 cm³/mol. The molecule has 26 heavy (non-hydrogen) atoms. The van der Waals surface area contributed by atoms with Gasteiger partial charge >= 0.3 is 0 Å². The zero-order valence-electron chi connectivity index (χ0n) is 14.6. The van der Waals surface area contributed by atoms with Crippen LogP contribution in [0.4, 0.5) is 5.69 Å². The van der Waals surface area contributed by atoms with Gasteiger partial charge < -0.3 is 9.64 Å². The van der Waals surface area contributed by atoms with Crippen molar-refractivity contribution in [1.82, 2.24) is 10.2 Å². The van der Waals surface area contributed by atoms with E-state index in [1.807, 2.05) is 4.80 Å². The minimum atomic E-state index is 0.741. The van der Waals surface area contributed by atoms with Gasteiger partial charge in [-0.2, -0.15) is 0 Å². The normalized spacial score (nSPS) is 22.4. The highest BCUT2D eigenvalue weighted by Gasteiger charge is 2.36. The van der Waals surface area contributed by atoms with E-state index in [0.717, 1.165) is 72.6 Å². The highest BCUT2D eigenvalue weighted by Crippen LogP contribution is 2.40. The third kappa shape index (κ3) is 4.16. The van der Waals surface area contributed by atoms with Crippen molar-refractivity contribution in [2.24, 2.45) is 0 Å². The Labute approximate surface area is 171 Å². The van der Waals surface area contributed by atoms with Crippen LogP contribution < -0.4 is 9.70 Å². The summed E-state index contributed by atoms with van der Waals surface area (Å²) in [7, 11) is 0. The second-order valence-corrected chi connectivity index (χ2v) is 7.41. The molecule has 0 spiro atoms. The van der Waals surface area contributed by atoms with E-state index >= 15 is 0 Å². The number of hydrogen-bond acceptors (Lipinski definition) is 4. The van der Waals surface area contributed by atoms with Crippen LogP contribution in [0, 0.1) is 63.2 Å². The van der Waals surface area contributed by atoms with Crippen LogP contribution in [-0.4, -0.2) is 40.9 Å². The minimum absolute atomic E-state index is 0.741. The predicted octanol–water partition coefficient (Wildman–Crippen LogP) is 1.93. The smallest absolute Gasteiger partial charge is 0.204 e. The van der Waals surface area contributed by atoms with E-state index in [9.17, 15) is 0 Å². The molecule has 6 heteroatoms. The van der Waals surface area contributed by atoms with Crippen LogP contribution in [0.2, 0.25) is 0 Å². The van der Waals surface area contributed by atoms with Crippen molar-refractivity contribution in [1.29, 1.82) is 0 Å². The fraction of sp³-hybridized carbons (Fsp3) is 0.350. The van der Waals surface area contributed by atoms with Gasteiger partial charge in [-0.15, -0.1) is 0 Å².